The molecule has 5 atom stereocenters. The molecule has 226 valence electrons. The van der Waals surface area contributed by atoms with Gasteiger partial charge in [0.15, 0.2) is 0 Å². The van der Waals surface area contributed by atoms with Crippen molar-refractivity contribution in [2.75, 3.05) is 0 Å². The largest absolute Gasteiger partial charge is 0.682 e. The number of hydrogen-bond donors (Lipinski definition) is 0. The van der Waals surface area contributed by atoms with Crippen LogP contribution in [0.25, 0.3) is 22.8 Å². The molecule has 1 aromatic rings. The molecule has 41 heavy (non-hydrogen) atoms. The first-order valence-electron chi connectivity index (χ1n) is 16.2. The fraction of sp³-hybridized carbons (Fsp3) is 0.583. The topological polar surface area (TPSA) is 54.7 Å². The van der Waals surface area contributed by atoms with E-state index in [1.54, 1.807) is 0 Å². The summed E-state index contributed by atoms with van der Waals surface area (Å²) in [6, 6.07) is 0.178. The van der Waals surface area contributed by atoms with Crippen molar-refractivity contribution in [1.82, 2.24) is 4.98 Å². The maximum atomic E-state index is 5.43. The van der Waals surface area contributed by atoms with Gasteiger partial charge in [-0.15, -0.1) is 17.5 Å². The van der Waals surface area contributed by atoms with Gasteiger partial charge in [0.05, 0.1) is 11.4 Å². The molecule has 0 saturated carbocycles. The molecule has 5 rings (SSSR count). The number of allylic oxidation sites excluding steroid dienone is 6. The summed E-state index contributed by atoms with van der Waals surface area (Å²) < 4.78 is 0. The van der Waals surface area contributed by atoms with Crippen molar-refractivity contribution in [2.45, 2.75) is 113 Å². The fourth-order valence-electron chi connectivity index (χ4n) is 7.97. The van der Waals surface area contributed by atoms with Gasteiger partial charge in [-0.05, 0) is 60.5 Å². The molecule has 5 unspecified atom stereocenters. The third kappa shape index (κ3) is 5.55. The molecular weight excluding hydrogens is 684 g/mol. The van der Waals surface area contributed by atoms with Gasteiger partial charge in [-0.3, -0.25) is 0 Å². The zero-order valence-corrected chi connectivity index (χ0v) is 28.7. The van der Waals surface area contributed by atoms with Crippen molar-refractivity contribution in [2.24, 2.45) is 28.7 Å². The molecule has 4 aliphatic heterocycles. The Morgan fingerprint density at radius 1 is 0.634 bits per heavy atom. The molecule has 5 heteroatoms. The van der Waals surface area contributed by atoms with Crippen molar-refractivity contribution in [3.05, 3.63) is 79.2 Å². The Bertz CT molecular complexity index is 1320. The first-order chi connectivity index (χ1) is 19.5. The number of aliphatic imine (C=N–C) groups is 1. The molecule has 0 spiro atoms. The molecular formula is C36H49N4Pt-3. The minimum absolute atomic E-state index is 0. The SMILES string of the molecule is CCC1=C(CC)C2=NC1=Cc1[n-]c(c(CC)c1CC)C=C1[N-]C(C=C3[N-]C(=C2)C(CC)C3CC)C(CC)C1CC.[Pt]. The Kier molecular flexibility index (Phi) is 10.5. The second-order valence-electron chi connectivity index (χ2n) is 11.8. The van der Waals surface area contributed by atoms with Crippen molar-refractivity contribution in [3.8, 4) is 0 Å². The fourth-order valence-corrected chi connectivity index (χ4v) is 7.97. The van der Waals surface area contributed by atoms with Crippen LogP contribution in [0.4, 0.5) is 0 Å². The maximum absolute atomic E-state index is 5.43. The summed E-state index contributed by atoms with van der Waals surface area (Å²) in [5.74, 6) is 1.84. The Morgan fingerprint density at radius 2 is 1.24 bits per heavy atom. The zero-order valence-electron chi connectivity index (χ0n) is 26.5. The van der Waals surface area contributed by atoms with E-state index < -0.39 is 0 Å². The molecule has 1 aromatic heterocycles. The Morgan fingerprint density at radius 3 is 1.80 bits per heavy atom. The molecule has 0 aliphatic carbocycles. The van der Waals surface area contributed by atoms with Gasteiger partial charge in [-0.1, -0.05) is 116 Å². The van der Waals surface area contributed by atoms with E-state index in [1.165, 1.54) is 39.4 Å². The van der Waals surface area contributed by atoms with E-state index >= 15 is 0 Å². The average molecular weight is 733 g/mol. The molecule has 2 fully saturated rings. The van der Waals surface area contributed by atoms with E-state index in [0.29, 0.717) is 23.7 Å². The molecule has 0 N–H and O–H groups in total. The second-order valence-corrected chi connectivity index (χ2v) is 11.8. The standard InChI is InChI=1S/C36H49N4.Pt/c1-9-21-22(10-2)30-18-32-25(13-5)26(14-6)34(39-32)20-36-28(16-8)27(15-7)35(40-36)19-33-24(12-4)23(11-3)31(38-33)17-29(21)37-30;/h17-24,29H,9-16H2,1-8H3;/q-3;. The van der Waals surface area contributed by atoms with Crippen LogP contribution in [0.2, 0.25) is 0 Å². The average Bonchev–Trinajstić information content (AvgIpc) is 3.67. The van der Waals surface area contributed by atoms with Crippen molar-refractivity contribution in [1.29, 1.82) is 0 Å². The Labute approximate surface area is 263 Å². The number of aromatic nitrogens is 1. The van der Waals surface area contributed by atoms with Crippen LogP contribution in [-0.2, 0) is 33.9 Å². The first-order valence-corrected chi connectivity index (χ1v) is 16.2. The second kappa shape index (κ2) is 13.5. The zero-order chi connectivity index (χ0) is 28.6. The summed E-state index contributed by atoms with van der Waals surface area (Å²) in [6.45, 7) is 18.3. The van der Waals surface area contributed by atoms with Crippen LogP contribution in [0.5, 0.6) is 0 Å². The van der Waals surface area contributed by atoms with Crippen LogP contribution in [0.15, 0.2) is 51.1 Å². The summed E-state index contributed by atoms with van der Waals surface area (Å²) in [7, 11) is 0. The number of rotatable bonds is 8. The van der Waals surface area contributed by atoms with E-state index in [1.807, 2.05) is 0 Å². The van der Waals surface area contributed by atoms with Crippen LogP contribution in [0, 0.1) is 23.7 Å². The van der Waals surface area contributed by atoms with Gasteiger partial charge in [0, 0.05) is 21.1 Å². The molecule has 8 bridgehead atoms. The minimum Gasteiger partial charge on any atom is -0.682 e. The summed E-state index contributed by atoms with van der Waals surface area (Å²) in [6.07, 6.45) is 17.7. The monoisotopic (exact) mass is 732 g/mol. The van der Waals surface area contributed by atoms with Crippen molar-refractivity contribution < 1.29 is 21.1 Å². The van der Waals surface area contributed by atoms with Gasteiger partial charge >= 0.3 is 0 Å². The van der Waals surface area contributed by atoms with Crippen molar-refractivity contribution >= 4 is 17.9 Å². The smallest absolute Gasteiger partial charge is 0.0660 e. The maximum Gasteiger partial charge on any atom is 0.0660 e. The van der Waals surface area contributed by atoms with Crippen LogP contribution in [0.3, 0.4) is 0 Å². The van der Waals surface area contributed by atoms with Gasteiger partial charge < -0.3 is 15.6 Å². The quantitative estimate of drug-likeness (QED) is 0.263. The third-order valence-electron chi connectivity index (χ3n) is 9.97. The van der Waals surface area contributed by atoms with Gasteiger partial charge in [-0.2, -0.15) is 17.1 Å². The van der Waals surface area contributed by atoms with Crippen LogP contribution >= 0.6 is 0 Å². The summed E-state index contributed by atoms with van der Waals surface area (Å²) in [4.78, 5) is 10.6. The van der Waals surface area contributed by atoms with Gasteiger partial charge in [0.2, 0.25) is 0 Å². The summed E-state index contributed by atoms with van der Waals surface area (Å²) in [5.41, 5.74) is 13.6. The Hall–Kier alpha value is -2.06. The summed E-state index contributed by atoms with van der Waals surface area (Å²) in [5, 5.41) is 10.8. The summed E-state index contributed by atoms with van der Waals surface area (Å²) >= 11 is 0. The first kappa shape index (κ1) is 31.9. The molecule has 4 aliphatic rings. The molecule has 0 radical (unpaired) electrons. The van der Waals surface area contributed by atoms with Crippen molar-refractivity contribution in [3.63, 3.8) is 0 Å². The van der Waals surface area contributed by atoms with Gasteiger partial charge in [-0.25, -0.2) is 4.99 Å². The van der Waals surface area contributed by atoms with Crippen LogP contribution < -0.4 is 4.98 Å². The molecule has 0 amide bonds. The number of nitrogens with zero attached hydrogens (tertiary/aromatic N) is 4. The van der Waals surface area contributed by atoms with E-state index in [9.17, 15) is 0 Å². The predicted octanol–water partition coefficient (Wildman–Crippen LogP) is 10.0. The number of fused-ring (bicyclic) bond motifs is 7. The van der Waals surface area contributed by atoms with Gasteiger partial charge in [0.25, 0.3) is 0 Å². The van der Waals surface area contributed by atoms with Crippen LogP contribution in [-0.4, -0.2) is 11.8 Å². The molecule has 4 nitrogen and oxygen atoms in total. The molecule has 5 heterocycles. The predicted molar refractivity (Wildman–Crippen MR) is 171 cm³/mol. The molecule has 0 aromatic carbocycles. The van der Waals surface area contributed by atoms with E-state index in [0.717, 1.165) is 74.2 Å². The van der Waals surface area contributed by atoms with Gasteiger partial charge in [0.1, 0.15) is 0 Å². The third-order valence-corrected chi connectivity index (χ3v) is 9.97. The van der Waals surface area contributed by atoms with E-state index in [4.69, 9.17) is 20.6 Å². The van der Waals surface area contributed by atoms with Crippen LogP contribution in [0.1, 0.15) is 116 Å². The normalized spacial score (nSPS) is 26.9. The number of hydrogen-bond acceptors (Lipinski definition) is 1. The Balaban J connectivity index is 0.00000387. The van der Waals surface area contributed by atoms with E-state index in [-0.39, 0.29) is 27.1 Å². The minimum atomic E-state index is 0. The van der Waals surface area contributed by atoms with E-state index in [2.05, 4.69) is 79.7 Å². The molecule has 2 saturated heterocycles.